The molecule has 1 fully saturated rings. The summed E-state index contributed by atoms with van der Waals surface area (Å²) in [5.41, 5.74) is 0.629. The van der Waals surface area contributed by atoms with Crippen LogP contribution in [-0.4, -0.2) is 51.1 Å². The molecule has 0 aliphatic carbocycles. The quantitative estimate of drug-likeness (QED) is 0.682. The number of hydrogen-bond acceptors (Lipinski definition) is 6. The smallest absolute Gasteiger partial charge is 0.176 e. The molecule has 1 saturated heterocycles. The molecule has 140 valence electrons. The maximum Gasteiger partial charge on any atom is 0.176 e. The molecule has 2 aromatic rings. The second kappa shape index (κ2) is 9.16. The summed E-state index contributed by atoms with van der Waals surface area (Å²) in [5, 5.41) is 5.48. The van der Waals surface area contributed by atoms with Crippen LogP contribution in [0, 0.1) is 0 Å². The molecule has 0 bridgehead atoms. The Bertz CT molecular complexity index is 712. The Morgan fingerprint density at radius 3 is 2.62 bits per heavy atom. The first-order valence-corrected chi connectivity index (χ1v) is 9.84. The topological polar surface area (TPSA) is 50.8 Å². The van der Waals surface area contributed by atoms with Crippen LogP contribution in [0.3, 0.4) is 0 Å². The van der Waals surface area contributed by atoms with E-state index in [1.807, 2.05) is 0 Å². The molecule has 1 aromatic heterocycles. The van der Waals surface area contributed by atoms with E-state index in [2.05, 4.69) is 27.7 Å². The Kier molecular flexibility index (Phi) is 6.66. The van der Waals surface area contributed by atoms with Gasteiger partial charge in [-0.05, 0) is 55.6 Å². The fourth-order valence-electron chi connectivity index (χ4n) is 3.38. The molecule has 1 unspecified atom stereocenters. The van der Waals surface area contributed by atoms with Crippen molar-refractivity contribution in [3.8, 4) is 11.5 Å². The fraction of sp³-hybridized carbons (Fsp3) is 0.450. The van der Waals surface area contributed by atoms with Crippen LogP contribution in [0.2, 0.25) is 0 Å². The maximum atomic E-state index is 12.5. The van der Waals surface area contributed by atoms with Crippen molar-refractivity contribution >= 4 is 17.1 Å². The highest BCUT2D eigenvalue weighted by molar-refractivity contribution is 7.10. The summed E-state index contributed by atoms with van der Waals surface area (Å²) in [5.74, 6) is 1.26. The van der Waals surface area contributed by atoms with E-state index >= 15 is 0 Å². The summed E-state index contributed by atoms with van der Waals surface area (Å²) < 4.78 is 10.5. The molecule has 26 heavy (non-hydrogen) atoms. The van der Waals surface area contributed by atoms with Crippen molar-refractivity contribution in [2.45, 2.75) is 18.9 Å². The number of ether oxygens (including phenoxy) is 2. The monoisotopic (exact) mass is 374 g/mol. The number of rotatable bonds is 9. The van der Waals surface area contributed by atoms with Gasteiger partial charge in [-0.3, -0.25) is 9.69 Å². The van der Waals surface area contributed by atoms with Crippen LogP contribution in [0.15, 0.2) is 35.7 Å². The minimum Gasteiger partial charge on any atom is -0.493 e. The van der Waals surface area contributed by atoms with Gasteiger partial charge >= 0.3 is 0 Å². The highest BCUT2D eigenvalue weighted by Crippen LogP contribution is 2.29. The zero-order valence-electron chi connectivity index (χ0n) is 15.4. The van der Waals surface area contributed by atoms with Gasteiger partial charge in [-0.2, -0.15) is 0 Å². The number of nitrogens with zero attached hydrogens (tertiary/aromatic N) is 1. The average Bonchev–Trinajstić information content (AvgIpc) is 3.38. The van der Waals surface area contributed by atoms with Gasteiger partial charge in [0.1, 0.15) is 0 Å². The van der Waals surface area contributed by atoms with E-state index in [9.17, 15) is 4.79 Å². The molecule has 0 amide bonds. The van der Waals surface area contributed by atoms with Crippen LogP contribution >= 0.6 is 11.3 Å². The Morgan fingerprint density at radius 2 is 1.96 bits per heavy atom. The van der Waals surface area contributed by atoms with Gasteiger partial charge in [-0.1, -0.05) is 6.07 Å². The molecule has 1 aliphatic rings. The molecule has 1 aliphatic heterocycles. The molecule has 0 radical (unpaired) electrons. The van der Waals surface area contributed by atoms with Gasteiger partial charge in [-0.25, -0.2) is 0 Å². The summed E-state index contributed by atoms with van der Waals surface area (Å²) in [6.07, 6.45) is 2.51. The number of thiophene rings is 1. The first kappa shape index (κ1) is 18.9. The van der Waals surface area contributed by atoms with Crippen molar-refractivity contribution in [2.75, 3.05) is 40.4 Å². The van der Waals surface area contributed by atoms with E-state index in [4.69, 9.17) is 9.47 Å². The number of nitrogens with one attached hydrogen (secondary N) is 1. The lowest BCUT2D eigenvalue weighted by atomic mass is 10.1. The van der Waals surface area contributed by atoms with Gasteiger partial charge in [0.15, 0.2) is 17.3 Å². The highest BCUT2D eigenvalue weighted by atomic mass is 32.1. The SMILES string of the molecule is COc1ccc(C(=O)CNCC(c2cccs2)N2CCCC2)cc1OC. The summed E-state index contributed by atoms with van der Waals surface area (Å²) in [4.78, 5) is 16.4. The van der Waals surface area contributed by atoms with Crippen molar-refractivity contribution in [3.63, 3.8) is 0 Å². The molecule has 5 nitrogen and oxygen atoms in total. The van der Waals surface area contributed by atoms with Crippen LogP contribution in [0.5, 0.6) is 11.5 Å². The number of methoxy groups -OCH3 is 2. The predicted octanol–water partition coefficient (Wildman–Crippen LogP) is 3.37. The number of carbonyl (C=O) groups excluding carboxylic acids is 1. The van der Waals surface area contributed by atoms with Gasteiger partial charge in [-0.15, -0.1) is 11.3 Å². The first-order valence-electron chi connectivity index (χ1n) is 8.96. The summed E-state index contributed by atoms with van der Waals surface area (Å²) >= 11 is 1.79. The van der Waals surface area contributed by atoms with Gasteiger partial charge < -0.3 is 14.8 Å². The third-order valence-electron chi connectivity index (χ3n) is 4.78. The minimum absolute atomic E-state index is 0.0531. The molecular weight excluding hydrogens is 348 g/mol. The molecular formula is C20H26N2O3S. The second-order valence-corrected chi connectivity index (χ2v) is 7.38. The van der Waals surface area contributed by atoms with Crippen LogP contribution < -0.4 is 14.8 Å². The van der Waals surface area contributed by atoms with E-state index in [0.29, 0.717) is 29.6 Å². The number of carbonyl (C=O) groups is 1. The van der Waals surface area contributed by atoms with Crippen molar-refractivity contribution < 1.29 is 14.3 Å². The van der Waals surface area contributed by atoms with Gasteiger partial charge in [0, 0.05) is 17.0 Å². The summed E-state index contributed by atoms with van der Waals surface area (Å²) in [7, 11) is 3.16. The van der Waals surface area contributed by atoms with E-state index in [0.717, 1.165) is 19.6 Å². The highest BCUT2D eigenvalue weighted by Gasteiger charge is 2.24. The molecule has 0 saturated carbocycles. The largest absolute Gasteiger partial charge is 0.493 e. The standard InChI is InChI=1S/C20H26N2O3S/c1-24-18-8-7-15(12-19(18)25-2)17(23)14-21-13-16(20-6-5-11-26-20)22-9-3-4-10-22/h5-8,11-12,16,21H,3-4,9-10,13-14H2,1-2H3. The average molecular weight is 375 g/mol. The van der Waals surface area contributed by atoms with E-state index < -0.39 is 0 Å². The number of Topliss-reactive ketones (excluding diaryl/α,β-unsaturated/α-hetero) is 1. The van der Waals surface area contributed by atoms with Crippen molar-refractivity contribution in [2.24, 2.45) is 0 Å². The zero-order valence-corrected chi connectivity index (χ0v) is 16.2. The number of ketones is 1. The number of benzene rings is 1. The van der Waals surface area contributed by atoms with Crippen molar-refractivity contribution in [1.29, 1.82) is 0 Å². The maximum absolute atomic E-state index is 12.5. The molecule has 3 rings (SSSR count). The normalized spacial score (nSPS) is 15.8. The van der Waals surface area contributed by atoms with E-state index in [-0.39, 0.29) is 5.78 Å². The van der Waals surface area contributed by atoms with Crippen LogP contribution in [0.1, 0.15) is 34.1 Å². The molecule has 1 atom stereocenters. The van der Waals surface area contributed by atoms with Crippen molar-refractivity contribution in [3.05, 3.63) is 46.2 Å². The Morgan fingerprint density at radius 1 is 1.19 bits per heavy atom. The first-order chi connectivity index (χ1) is 12.7. The van der Waals surface area contributed by atoms with Crippen molar-refractivity contribution in [1.82, 2.24) is 10.2 Å². The van der Waals surface area contributed by atoms with Crippen LogP contribution in [0.25, 0.3) is 0 Å². The third-order valence-corrected chi connectivity index (χ3v) is 5.76. The molecule has 0 spiro atoms. The predicted molar refractivity (Wildman–Crippen MR) is 105 cm³/mol. The summed E-state index contributed by atoms with van der Waals surface area (Å²) in [6, 6.07) is 9.91. The lowest BCUT2D eigenvalue weighted by Crippen LogP contribution is -2.35. The fourth-order valence-corrected chi connectivity index (χ4v) is 4.24. The lowest BCUT2D eigenvalue weighted by Gasteiger charge is -2.27. The molecule has 1 N–H and O–H groups in total. The Labute approximate surface area is 158 Å². The van der Waals surface area contributed by atoms with Crippen LogP contribution in [0.4, 0.5) is 0 Å². The Hall–Kier alpha value is -1.89. The molecule has 1 aromatic carbocycles. The van der Waals surface area contributed by atoms with E-state index in [1.165, 1.54) is 17.7 Å². The zero-order chi connectivity index (χ0) is 18.4. The summed E-state index contributed by atoms with van der Waals surface area (Å²) in [6.45, 7) is 3.35. The van der Waals surface area contributed by atoms with Crippen LogP contribution in [-0.2, 0) is 0 Å². The number of likely N-dealkylation sites (tertiary alicyclic amines) is 1. The van der Waals surface area contributed by atoms with Gasteiger partial charge in [0.2, 0.25) is 0 Å². The Balaban J connectivity index is 1.59. The molecule has 2 heterocycles. The number of hydrogen-bond donors (Lipinski definition) is 1. The van der Waals surface area contributed by atoms with Gasteiger partial charge in [0.05, 0.1) is 26.8 Å². The van der Waals surface area contributed by atoms with E-state index in [1.54, 1.807) is 43.8 Å². The minimum atomic E-state index is 0.0531. The second-order valence-electron chi connectivity index (χ2n) is 6.40. The third kappa shape index (κ3) is 4.44. The molecule has 6 heteroatoms. The lowest BCUT2D eigenvalue weighted by molar-refractivity contribution is 0.0987. The van der Waals surface area contributed by atoms with Gasteiger partial charge in [0.25, 0.3) is 0 Å².